The van der Waals surface area contributed by atoms with Gasteiger partial charge in [0.15, 0.2) is 22.9 Å². The van der Waals surface area contributed by atoms with E-state index in [9.17, 15) is 4.79 Å². The Bertz CT molecular complexity index is 673. The number of methoxy groups -OCH3 is 1. The van der Waals surface area contributed by atoms with Crippen molar-refractivity contribution in [3.63, 3.8) is 0 Å². The second-order valence-corrected chi connectivity index (χ2v) is 5.12. The zero-order valence-electron chi connectivity index (χ0n) is 11.6. The highest BCUT2D eigenvalue weighted by Crippen LogP contribution is 2.27. The van der Waals surface area contributed by atoms with Crippen molar-refractivity contribution in [3.8, 4) is 11.5 Å². The maximum absolute atomic E-state index is 11.8. The van der Waals surface area contributed by atoms with E-state index in [1.54, 1.807) is 17.7 Å². The van der Waals surface area contributed by atoms with E-state index >= 15 is 0 Å². The van der Waals surface area contributed by atoms with Crippen LogP contribution in [0.1, 0.15) is 5.56 Å². The van der Waals surface area contributed by atoms with Crippen LogP contribution in [0.2, 0.25) is 0 Å². The molecule has 0 fully saturated rings. The van der Waals surface area contributed by atoms with Gasteiger partial charge in [-0.05, 0) is 24.6 Å². The molecule has 0 unspecified atom stereocenters. The molecule has 1 heterocycles. The van der Waals surface area contributed by atoms with E-state index in [-0.39, 0.29) is 12.5 Å². The molecule has 1 amide bonds. The van der Waals surface area contributed by atoms with Gasteiger partial charge >= 0.3 is 0 Å². The van der Waals surface area contributed by atoms with Crippen LogP contribution in [0.5, 0.6) is 11.5 Å². The van der Waals surface area contributed by atoms with E-state index in [2.05, 4.69) is 4.99 Å². The van der Waals surface area contributed by atoms with Gasteiger partial charge in [-0.15, -0.1) is 11.3 Å². The smallest absolute Gasteiger partial charge is 0.286 e. The molecule has 1 aromatic heterocycles. The van der Waals surface area contributed by atoms with Crippen LogP contribution in [0.15, 0.2) is 34.8 Å². The third-order valence-electron chi connectivity index (χ3n) is 2.65. The first kappa shape index (κ1) is 14.3. The number of amides is 1. The Kier molecular flexibility index (Phi) is 4.57. The first-order valence-corrected chi connectivity index (χ1v) is 6.93. The molecular weight excluding hydrogens is 276 g/mol. The highest BCUT2D eigenvalue weighted by Gasteiger charge is 2.07. The molecular formula is C14H16N2O3S. The maximum atomic E-state index is 11.8. The Morgan fingerprint density at radius 2 is 2.20 bits per heavy atom. The summed E-state index contributed by atoms with van der Waals surface area (Å²) in [6.07, 6.45) is 1.85. The average Bonchev–Trinajstić information content (AvgIpc) is 2.82. The molecule has 2 aromatic rings. The standard InChI is InChI=1S/C14H16N2O3S/c1-10-4-5-11(12(8-10)18-3)19-9-13(17)15-14-16(2)6-7-20-14/h4-8H,9H2,1-3H3. The molecule has 20 heavy (non-hydrogen) atoms. The first-order chi connectivity index (χ1) is 9.60. The van der Waals surface area contributed by atoms with Gasteiger partial charge < -0.3 is 14.0 Å². The van der Waals surface area contributed by atoms with Crippen LogP contribution >= 0.6 is 11.3 Å². The van der Waals surface area contributed by atoms with Crippen molar-refractivity contribution in [1.29, 1.82) is 0 Å². The van der Waals surface area contributed by atoms with Gasteiger partial charge in [-0.2, -0.15) is 4.99 Å². The lowest BCUT2D eigenvalue weighted by Crippen LogP contribution is -2.16. The Labute approximate surface area is 121 Å². The highest BCUT2D eigenvalue weighted by atomic mass is 32.1. The van der Waals surface area contributed by atoms with E-state index in [0.717, 1.165) is 5.56 Å². The largest absolute Gasteiger partial charge is 0.493 e. The maximum Gasteiger partial charge on any atom is 0.286 e. The zero-order chi connectivity index (χ0) is 14.5. The summed E-state index contributed by atoms with van der Waals surface area (Å²) in [6.45, 7) is 1.85. The number of carbonyl (C=O) groups is 1. The molecule has 0 saturated heterocycles. The topological polar surface area (TPSA) is 52.8 Å². The summed E-state index contributed by atoms with van der Waals surface area (Å²) in [5.41, 5.74) is 1.07. The van der Waals surface area contributed by atoms with E-state index in [1.165, 1.54) is 11.3 Å². The summed E-state index contributed by atoms with van der Waals surface area (Å²) in [7, 11) is 3.41. The minimum atomic E-state index is -0.328. The molecule has 0 spiro atoms. The zero-order valence-corrected chi connectivity index (χ0v) is 12.4. The molecule has 1 aromatic carbocycles. The van der Waals surface area contributed by atoms with Crippen molar-refractivity contribution >= 4 is 17.2 Å². The van der Waals surface area contributed by atoms with Gasteiger partial charge in [0, 0.05) is 18.6 Å². The van der Waals surface area contributed by atoms with E-state index in [4.69, 9.17) is 9.47 Å². The van der Waals surface area contributed by atoms with E-state index < -0.39 is 0 Å². The van der Waals surface area contributed by atoms with Gasteiger partial charge in [0.1, 0.15) is 0 Å². The summed E-state index contributed by atoms with van der Waals surface area (Å²) >= 11 is 1.40. The fourth-order valence-electron chi connectivity index (χ4n) is 1.61. The highest BCUT2D eigenvalue weighted by molar-refractivity contribution is 7.07. The summed E-state index contributed by atoms with van der Waals surface area (Å²) < 4.78 is 12.5. The van der Waals surface area contributed by atoms with Crippen molar-refractivity contribution in [2.75, 3.05) is 13.7 Å². The lowest BCUT2D eigenvalue weighted by Gasteiger charge is -2.09. The normalized spacial score (nSPS) is 11.4. The lowest BCUT2D eigenvalue weighted by atomic mass is 10.2. The molecule has 0 bridgehead atoms. The van der Waals surface area contributed by atoms with Gasteiger partial charge in [0.25, 0.3) is 5.91 Å². The molecule has 6 heteroatoms. The average molecular weight is 292 g/mol. The van der Waals surface area contributed by atoms with Crippen LogP contribution in [0.3, 0.4) is 0 Å². The number of ether oxygens (including phenoxy) is 2. The molecule has 0 N–H and O–H groups in total. The van der Waals surface area contributed by atoms with Crippen molar-refractivity contribution < 1.29 is 14.3 Å². The number of rotatable bonds is 4. The van der Waals surface area contributed by atoms with Crippen LogP contribution < -0.4 is 14.3 Å². The van der Waals surface area contributed by atoms with Gasteiger partial charge in [-0.25, -0.2) is 0 Å². The summed E-state index contributed by atoms with van der Waals surface area (Å²) in [5, 5.41) is 1.87. The van der Waals surface area contributed by atoms with Gasteiger partial charge in [0.2, 0.25) is 0 Å². The number of hydrogen-bond donors (Lipinski definition) is 0. The predicted octanol–water partition coefficient (Wildman–Crippen LogP) is 1.91. The number of carbonyl (C=O) groups excluding carboxylic acids is 1. The van der Waals surface area contributed by atoms with E-state index in [0.29, 0.717) is 16.3 Å². The summed E-state index contributed by atoms with van der Waals surface area (Å²) in [6, 6.07) is 5.54. The van der Waals surface area contributed by atoms with Crippen LogP contribution in [0.25, 0.3) is 0 Å². The van der Waals surface area contributed by atoms with Gasteiger partial charge in [-0.1, -0.05) is 6.07 Å². The molecule has 0 aliphatic heterocycles. The summed E-state index contributed by atoms with van der Waals surface area (Å²) in [4.78, 5) is 16.4. The van der Waals surface area contributed by atoms with Gasteiger partial charge in [0.05, 0.1) is 7.11 Å². The Hall–Kier alpha value is -2.08. The molecule has 0 aliphatic rings. The SMILES string of the molecule is COc1cc(C)ccc1OCC(=O)N=c1sccn1C. The van der Waals surface area contributed by atoms with Crippen molar-refractivity contribution in [3.05, 3.63) is 40.1 Å². The number of thiazole rings is 1. The van der Waals surface area contributed by atoms with Crippen molar-refractivity contribution in [2.24, 2.45) is 12.0 Å². The second kappa shape index (κ2) is 6.38. The van der Waals surface area contributed by atoms with Crippen LogP contribution in [0, 0.1) is 6.92 Å². The van der Waals surface area contributed by atoms with Gasteiger partial charge in [-0.3, -0.25) is 4.79 Å². The first-order valence-electron chi connectivity index (χ1n) is 6.05. The third kappa shape index (κ3) is 3.48. The monoisotopic (exact) mass is 292 g/mol. The van der Waals surface area contributed by atoms with Crippen LogP contribution in [0.4, 0.5) is 0 Å². The second-order valence-electron chi connectivity index (χ2n) is 4.25. The van der Waals surface area contributed by atoms with Crippen molar-refractivity contribution in [1.82, 2.24) is 4.57 Å². The Balaban J connectivity index is 2.06. The molecule has 106 valence electrons. The molecule has 0 aliphatic carbocycles. The van der Waals surface area contributed by atoms with Crippen LogP contribution in [-0.4, -0.2) is 24.2 Å². The Morgan fingerprint density at radius 1 is 1.40 bits per heavy atom. The molecule has 0 atom stereocenters. The molecule has 0 saturated carbocycles. The number of aromatic nitrogens is 1. The number of hydrogen-bond acceptors (Lipinski definition) is 4. The number of benzene rings is 1. The number of nitrogens with zero attached hydrogens (tertiary/aromatic N) is 2. The van der Waals surface area contributed by atoms with Crippen LogP contribution in [-0.2, 0) is 11.8 Å². The lowest BCUT2D eigenvalue weighted by molar-refractivity contribution is -0.120. The fraction of sp³-hybridized carbons (Fsp3) is 0.286. The van der Waals surface area contributed by atoms with Crippen molar-refractivity contribution in [2.45, 2.75) is 6.92 Å². The number of aryl methyl sites for hydroxylation is 2. The fourth-order valence-corrected chi connectivity index (χ4v) is 2.35. The third-order valence-corrected chi connectivity index (χ3v) is 3.50. The Morgan fingerprint density at radius 3 is 2.85 bits per heavy atom. The minimum absolute atomic E-state index is 0.114. The predicted molar refractivity (Wildman–Crippen MR) is 77.1 cm³/mol. The summed E-state index contributed by atoms with van der Waals surface area (Å²) in [5.74, 6) is 0.822. The van der Waals surface area contributed by atoms with E-state index in [1.807, 2.05) is 37.7 Å². The quantitative estimate of drug-likeness (QED) is 0.865. The molecule has 2 rings (SSSR count). The molecule has 5 nitrogen and oxygen atoms in total. The minimum Gasteiger partial charge on any atom is -0.493 e. The molecule has 0 radical (unpaired) electrons.